The van der Waals surface area contributed by atoms with Crippen LogP contribution >= 0.6 is 0 Å². The van der Waals surface area contributed by atoms with Crippen LogP contribution in [0.4, 0.5) is 4.39 Å². The number of sulfonamides is 1. The van der Waals surface area contributed by atoms with Crippen LogP contribution in [0.1, 0.15) is 19.4 Å². The van der Waals surface area contributed by atoms with Crippen molar-refractivity contribution in [2.24, 2.45) is 5.92 Å². The molecule has 0 fully saturated rings. The van der Waals surface area contributed by atoms with Crippen molar-refractivity contribution in [3.8, 4) is 0 Å². The van der Waals surface area contributed by atoms with Crippen molar-refractivity contribution >= 4 is 10.0 Å². The number of benzene rings is 1. The van der Waals surface area contributed by atoms with Gasteiger partial charge in [0, 0.05) is 25.7 Å². The number of nitrogens with one attached hydrogen (secondary N) is 1. The summed E-state index contributed by atoms with van der Waals surface area (Å²) in [5.41, 5.74) is 0.349. The second-order valence-electron chi connectivity index (χ2n) is 4.96. The van der Waals surface area contributed by atoms with Crippen molar-refractivity contribution in [2.75, 3.05) is 20.6 Å². The third-order valence-corrected chi connectivity index (χ3v) is 4.53. The molecule has 108 valence electrons. The van der Waals surface area contributed by atoms with Gasteiger partial charge in [0.25, 0.3) is 0 Å². The number of rotatable bonds is 6. The van der Waals surface area contributed by atoms with Gasteiger partial charge in [0.1, 0.15) is 5.82 Å². The first-order valence-corrected chi connectivity index (χ1v) is 7.62. The molecular weight excluding hydrogens is 267 g/mol. The standard InChI is InChI=1S/C13H21FN2O2S/c1-10(2)9-16(4)19(17,18)12-5-6-13(14)11(7-12)8-15-3/h5-7,10,15H,8-9H2,1-4H3. The van der Waals surface area contributed by atoms with Crippen LogP contribution in [-0.4, -0.2) is 33.4 Å². The van der Waals surface area contributed by atoms with E-state index in [0.29, 0.717) is 18.7 Å². The van der Waals surface area contributed by atoms with E-state index >= 15 is 0 Å². The average Bonchev–Trinajstić information content (AvgIpc) is 2.31. The van der Waals surface area contributed by atoms with Gasteiger partial charge in [-0.05, 0) is 31.2 Å². The maximum absolute atomic E-state index is 13.5. The van der Waals surface area contributed by atoms with Crippen molar-refractivity contribution in [2.45, 2.75) is 25.3 Å². The Morgan fingerprint density at radius 1 is 1.37 bits per heavy atom. The minimum absolute atomic E-state index is 0.127. The van der Waals surface area contributed by atoms with Gasteiger partial charge in [0.15, 0.2) is 0 Å². The lowest BCUT2D eigenvalue weighted by Crippen LogP contribution is -2.30. The van der Waals surface area contributed by atoms with Crippen LogP contribution in [0.25, 0.3) is 0 Å². The Morgan fingerprint density at radius 2 is 2.00 bits per heavy atom. The van der Waals surface area contributed by atoms with E-state index in [1.165, 1.54) is 29.6 Å². The molecule has 0 spiro atoms. The number of hydrogen-bond acceptors (Lipinski definition) is 3. The molecule has 0 aliphatic carbocycles. The summed E-state index contributed by atoms with van der Waals surface area (Å²) in [4.78, 5) is 0.127. The predicted octanol–water partition coefficient (Wildman–Crippen LogP) is 1.82. The monoisotopic (exact) mass is 288 g/mol. The summed E-state index contributed by atoms with van der Waals surface area (Å²) in [6.07, 6.45) is 0. The van der Waals surface area contributed by atoms with Gasteiger partial charge in [-0.15, -0.1) is 0 Å². The summed E-state index contributed by atoms with van der Waals surface area (Å²) in [7, 11) is -0.329. The molecule has 1 N–H and O–H groups in total. The van der Waals surface area contributed by atoms with Gasteiger partial charge in [0.2, 0.25) is 10.0 Å². The summed E-state index contributed by atoms with van der Waals surface area (Å²) < 4.78 is 39.4. The van der Waals surface area contributed by atoms with E-state index < -0.39 is 15.8 Å². The highest BCUT2D eigenvalue weighted by Gasteiger charge is 2.22. The molecule has 1 aromatic rings. The van der Waals surface area contributed by atoms with Gasteiger partial charge in [0.05, 0.1) is 4.90 Å². The largest absolute Gasteiger partial charge is 0.316 e. The van der Waals surface area contributed by atoms with Crippen LogP contribution in [0, 0.1) is 11.7 Å². The van der Waals surface area contributed by atoms with Gasteiger partial charge in [-0.3, -0.25) is 0 Å². The van der Waals surface area contributed by atoms with Gasteiger partial charge >= 0.3 is 0 Å². The fraction of sp³-hybridized carbons (Fsp3) is 0.538. The van der Waals surface area contributed by atoms with E-state index in [-0.39, 0.29) is 10.8 Å². The Morgan fingerprint density at radius 3 is 2.53 bits per heavy atom. The maximum atomic E-state index is 13.5. The highest BCUT2D eigenvalue weighted by molar-refractivity contribution is 7.89. The first-order chi connectivity index (χ1) is 8.78. The molecule has 1 rings (SSSR count). The lowest BCUT2D eigenvalue weighted by Gasteiger charge is -2.19. The minimum atomic E-state index is -3.55. The van der Waals surface area contributed by atoms with Crippen molar-refractivity contribution in [1.82, 2.24) is 9.62 Å². The quantitative estimate of drug-likeness (QED) is 0.868. The Balaban J connectivity index is 3.11. The third kappa shape index (κ3) is 3.99. The van der Waals surface area contributed by atoms with Gasteiger partial charge < -0.3 is 5.32 Å². The molecular formula is C13H21FN2O2S. The second kappa shape index (κ2) is 6.45. The van der Waals surface area contributed by atoms with E-state index in [1.807, 2.05) is 13.8 Å². The van der Waals surface area contributed by atoms with Crippen LogP contribution in [0.5, 0.6) is 0 Å². The van der Waals surface area contributed by atoms with E-state index in [0.717, 1.165) is 0 Å². The van der Waals surface area contributed by atoms with Crippen molar-refractivity contribution in [3.05, 3.63) is 29.6 Å². The van der Waals surface area contributed by atoms with Crippen LogP contribution in [0.3, 0.4) is 0 Å². The van der Waals surface area contributed by atoms with Crippen LogP contribution in [0.15, 0.2) is 23.1 Å². The molecule has 0 unspecified atom stereocenters. The van der Waals surface area contributed by atoms with Gasteiger partial charge in [-0.1, -0.05) is 13.8 Å². The molecule has 4 nitrogen and oxygen atoms in total. The van der Waals surface area contributed by atoms with Crippen molar-refractivity contribution in [1.29, 1.82) is 0 Å². The molecule has 1 aromatic carbocycles. The molecule has 0 aliphatic rings. The van der Waals surface area contributed by atoms with Crippen molar-refractivity contribution in [3.63, 3.8) is 0 Å². The molecule has 0 aliphatic heterocycles. The lowest BCUT2D eigenvalue weighted by atomic mass is 10.2. The molecule has 0 atom stereocenters. The van der Waals surface area contributed by atoms with E-state index in [9.17, 15) is 12.8 Å². The molecule has 0 bridgehead atoms. The first-order valence-electron chi connectivity index (χ1n) is 6.18. The van der Waals surface area contributed by atoms with E-state index in [2.05, 4.69) is 5.32 Å². The molecule has 19 heavy (non-hydrogen) atoms. The Kier molecular flexibility index (Phi) is 5.46. The van der Waals surface area contributed by atoms with Crippen molar-refractivity contribution < 1.29 is 12.8 Å². The summed E-state index contributed by atoms with van der Waals surface area (Å²) >= 11 is 0. The summed E-state index contributed by atoms with van der Waals surface area (Å²) in [6.45, 7) is 4.62. The molecule has 0 saturated heterocycles. The van der Waals surface area contributed by atoms with E-state index in [1.54, 1.807) is 7.05 Å². The highest BCUT2D eigenvalue weighted by atomic mass is 32.2. The Hall–Kier alpha value is -0.980. The highest BCUT2D eigenvalue weighted by Crippen LogP contribution is 2.19. The van der Waals surface area contributed by atoms with Crippen LogP contribution in [-0.2, 0) is 16.6 Å². The molecule has 0 heterocycles. The summed E-state index contributed by atoms with van der Waals surface area (Å²) in [5, 5.41) is 2.82. The summed E-state index contributed by atoms with van der Waals surface area (Å²) in [6, 6.07) is 3.89. The Bertz CT molecular complexity index is 529. The molecule has 0 amide bonds. The SMILES string of the molecule is CNCc1cc(S(=O)(=O)N(C)CC(C)C)ccc1F. The molecule has 6 heteroatoms. The minimum Gasteiger partial charge on any atom is -0.316 e. The third-order valence-electron chi connectivity index (χ3n) is 2.71. The Labute approximate surface area is 114 Å². The maximum Gasteiger partial charge on any atom is 0.242 e. The smallest absolute Gasteiger partial charge is 0.242 e. The number of halogens is 1. The summed E-state index contributed by atoms with van der Waals surface area (Å²) in [5.74, 6) is -0.170. The van der Waals surface area contributed by atoms with Crippen LogP contribution < -0.4 is 5.32 Å². The van der Waals surface area contributed by atoms with Crippen LogP contribution in [0.2, 0.25) is 0 Å². The lowest BCUT2D eigenvalue weighted by molar-refractivity contribution is 0.417. The fourth-order valence-corrected chi connectivity index (χ4v) is 3.22. The number of nitrogens with zero attached hydrogens (tertiary/aromatic N) is 1. The fourth-order valence-electron chi connectivity index (χ4n) is 1.83. The van der Waals surface area contributed by atoms with E-state index in [4.69, 9.17) is 0 Å². The first kappa shape index (κ1) is 16.1. The zero-order chi connectivity index (χ0) is 14.6. The zero-order valence-electron chi connectivity index (χ0n) is 11.8. The zero-order valence-corrected chi connectivity index (χ0v) is 12.6. The topological polar surface area (TPSA) is 49.4 Å². The van der Waals surface area contributed by atoms with Gasteiger partial charge in [-0.25, -0.2) is 17.1 Å². The predicted molar refractivity (Wildman–Crippen MR) is 73.8 cm³/mol. The molecule has 0 radical (unpaired) electrons. The average molecular weight is 288 g/mol. The molecule has 0 aromatic heterocycles. The normalized spacial score (nSPS) is 12.4. The molecule has 0 saturated carbocycles. The van der Waals surface area contributed by atoms with Gasteiger partial charge in [-0.2, -0.15) is 0 Å². The number of hydrogen-bond donors (Lipinski definition) is 1. The second-order valence-corrected chi connectivity index (χ2v) is 7.01.